The van der Waals surface area contributed by atoms with Crippen molar-refractivity contribution < 1.29 is 9.90 Å². The molecule has 0 aliphatic rings. The van der Waals surface area contributed by atoms with E-state index in [9.17, 15) is 4.79 Å². The van der Waals surface area contributed by atoms with Crippen LogP contribution >= 0.6 is 11.3 Å². The minimum absolute atomic E-state index is 0.0985. The summed E-state index contributed by atoms with van der Waals surface area (Å²) in [4.78, 5) is 13.4. The van der Waals surface area contributed by atoms with Gasteiger partial charge in [0.25, 0.3) is 5.91 Å². The molecule has 0 aliphatic heterocycles. The summed E-state index contributed by atoms with van der Waals surface area (Å²) in [5.41, 5.74) is 2.36. The van der Waals surface area contributed by atoms with Gasteiger partial charge in [0, 0.05) is 22.5 Å². The fraction of sp³-hybridized carbons (Fsp3) is 0.235. The van der Waals surface area contributed by atoms with Crippen LogP contribution in [0, 0.1) is 18.8 Å². The molecule has 2 aromatic rings. The van der Waals surface area contributed by atoms with Crippen LogP contribution in [0.1, 0.15) is 26.4 Å². The molecule has 0 saturated carbocycles. The summed E-state index contributed by atoms with van der Waals surface area (Å²) in [5.74, 6) is 5.37. The zero-order chi connectivity index (χ0) is 15.1. The summed E-state index contributed by atoms with van der Waals surface area (Å²) >= 11 is 1.69. The number of nitrogens with one attached hydrogen (secondary N) is 1. The normalized spacial score (nSPS) is 9.81. The Labute approximate surface area is 128 Å². The molecule has 0 saturated heterocycles. The molecule has 4 heteroatoms. The Kier molecular flexibility index (Phi) is 5.56. The van der Waals surface area contributed by atoms with E-state index in [1.807, 2.05) is 24.4 Å². The maximum Gasteiger partial charge on any atom is 0.251 e. The third-order valence-electron chi connectivity index (χ3n) is 3.04. The second-order valence-electron chi connectivity index (χ2n) is 4.57. The molecule has 21 heavy (non-hydrogen) atoms. The summed E-state index contributed by atoms with van der Waals surface area (Å²) in [5, 5.41) is 13.7. The van der Waals surface area contributed by atoms with Gasteiger partial charge in [0.15, 0.2) is 0 Å². The van der Waals surface area contributed by atoms with Crippen LogP contribution in [0.5, 0.6) is 0 Å². The first-order valence-corrected chi connectivity index (χ1v) is 7.59. The average molecular weight is 299 g/mol. The number of thiophene rings is 1. The summed E-state index contributed by atoms with van der Waals surface area (Å²) < 4.78 is 0. The quantitative estimate of drug-likeness (QED) is 0.852. The number of aryl methyl sites for hydroxylation is 1. The van der Waals surface area contributed by atoms with E-state index in [0.717, 1.165) is 17.5 Å². The van der Waals surface area contributed by atoms with E-state index in [0.29, 0.717) is 12.1 Å². The van der Waals surface area contributed by atoms with Crippen LogP contribution in [0.15, 0.2) is 35.7 Å². The number of aliphatic hydroxyl groups excluding tert-OH is 1. The minimum atomic E-state index is -0.184. The molecule has 1 aromatic carbocycles. The number of benzene rings is 1. The molecule has 0 bridgehead atoms. The first-order chi connectivity index (χ1) is 10.2. The molecule has 2 N–H and O–H groups in total. The van der Waals surface area contributed by atoms with Crippen molar-refractivity contribution in [2.24, 2.45) is 0 Å². The Morgan fingerprint density at radius 2 is 2.24 bits per heavy atom. The Balaban J connectivity index is 1.98. The first-order valence-electron chi connectivity index (χ1n) is 6.71. The maximum atomic E-state index is 12.1. The van der Waals surface area contributed by atoms with Gasteiger partial charge >= 0.3 is 0 Å². The molecule has 0 radical (unpaired) electrons. The molecule has 0 spiro atoms. The van der Waals surface area contributed by atoms with Crippen molar-refractivity contribution in [2.75, 3.05) is 13.2 Å². The highest BCUT2D eigenvalue weighted by molar-refractivity contribution is 7.09. The molecule has 1 amide bonds. The molecule has 0 unspecified atom stereocenters. The lowest BCUT2D eigenvalue weighted by atomic mass is 10.0. The monoisotopic (exact) mass is 299 g/mol. The summed E-state index contributed by atoms with van der Waals surface area (Å²) in [6.45, 7) is 2.36. The largest absolute Gasteiger partial charge is 0.384 e. The van der Waals surface area contributed by atoms with Crippen molar-refractivity contribution in [2.45, 2.75) is 13.3 Å². The molecule has 0 fully saturated rings. The lowest BCUT2D eigenvalue weighted by Crippen LogP contribution is -2.25. The van der Waals surface area contributed by atoms with E-state index in [-0.39, 0.29) is 12.5 Å². The van der Waals surface area contributed by atoms with Crippen LogP contribution in [-0.2, 0) is 6.42 Å². The van der Waals surface area contributed by atoms with E-state index < -0.39 is 0 Å². The van der Waals surface area contributed by atoms with Gasteiger partial charge in [-0.05, 0) is 42.5 Å². The highest BCUT2D eigenvalue weighted by Crippen LogP contribution is 2.11. The fourth-order valence-corrected chi connectivity index (χ4v) is 2.60. The van der Waals surface area contributed by atoms with Gasteiger partial charge in [-0.1, -0.05) is 24.0 Å². The summed E-state index contributed by atoms with van der Waals surface area (Å²) in [6, 6.07) is 9.49. The second-order valence-corrected chi connectivity index (χ2v) is 5.61. The summed E-state index contributed by atoms with van der Waals surface area (Å²) in [6.07, 6.45) is 0.840. The van der Waals surface area contributed by atoms with Gasteiger partial charge < -0.3 is 10.4 Å². The predicted molar refractivity (Wildman–Crippen MR) is 85.5 cm³/mol. The molecule has 2 rings (SSSR count). The van der Waals surface area contributed by atoms with Crippen LogP contribution < -0.4 is 5.32 Å². The van der Waals surface area contributed by atoms with Gasteiger partial charge in [-0.2, -0.15) is 0 Å². The average Bonchev–Trinajstić information content (AvgIpc) is 2.99. The topological polar surface area (TPSA) is 49.3 Å². The van der Waals surface area contributed by atoms with Crippen molar-refractivity contribution in [3.63, 3.8) is 0 Å². The Bertz CT molecular complexity index is 666. The zero-order valence-corrected chi connectivity index (χ0v) is 12.7. The van der Waals surface area contributed by atoms with Crippen molar-refractivity contribution in [3.8, 4) is 11.8 Å². The van der Waals surface area contributed by atoms with Crippen LogP contribution in [0.2, 0.25) is 0 Å². The molecule has 0 atom stereocenters. The number of carbonyl (C=O) groups excluding carboxylic acids is 1. The predicted octanol–water partition coefficient (Wildman–Crippen LogP) is 2.37. The van der Waals surface area contributed by atoms with Gasteiger partial charge in [-0.15, -0.1) is 11.3 Å². The van der Waals surface area contributed by atoms with Gasteiger partial charge in [0.05, 0.1) is 0 Å². The number of rotatable bonds is 4. The number of hydrogen-bond donors (Lipinski definition) is 2. The van der Waals surface area contributed by atoms with Crippen LogP contribution in [0.3, 0.4) is 0 Å². The number of amides is 1. The van der Waals surface area contributed by atoms with Crippen molar-refractivity contribution >= 4 is 17.2 Å². The van der Waals surface area contributed by atoms with E-state index in [2.05, 4.69) is 23.2 Å². The van der Waals surface area contributed by atoms with Crippen LogP contribution in [-0.4, -0.2) is 24.2 Å². The molecule has 0 aliphatic carbocycles. The zero-order valence-electron chi connectivity index (χ0n) is 11.8. The smallest absolute Gasteiger partial charge is 0.251 e. The van der Waals surface area contributed by atoms with E-state index in [4.69, 9.17) is 5.11 Å². The highest BCUT2D eigenvalue weighted by Gasteiger charge is 2.07. The summed E-state index contributed by atoms with van der Waals surface area (Å²) in [7, 11) is 0. The van der Waals surface area contributed by atoms with Crippen LogP contribution in [0.25, 0.3) is 0 Å². The van der Waals surface area contributed by atoms with Gasteiger partial charge in [-0.3, -0.25) is 4.79 Å². The van der Waals surface area contributed by atoms with E-state index >= 15 is 0 Å². The number of hydrogen-bond acceptors (Lipinski definition) is 3. The Morgan fingerprint density at radius 3 is 2.95 bits per heavy atom. The van der Waals surface area contributed by atoms with Crippen molar-refractivity contribution in [1.82, 2.24) is 5.32 Å². The number of aliphatic hydroxyl groups is 1. The SMILES string of the molecule is Cc1ccc(C(=O)NCCc2cccs2)cc1C#CCO. The second kappa shape index (κ2) is 7.63. The van der Waals surface area contributed by atoms with E-state index in [1.54, 1.807) is 23.5 Å². The Morgan fingerprint density at radius 1 is 1.38 bits per heavy atom. The first kappa shape index (κ1) is 15.3. The third kappa shape index (κ3) is 4.45. The van der Waals surface area contributed by atoms with Gasteiger partial charge in [-0.25, -0.2) is 0 Å². The minimum Gasteiger partial charge on any atom is -0.384 e. The molecule has 1 heterocycles. The molecule has 108 valence electrons. The molecular weight excluding hydrogens is 282 g/mol. The van der Waals surface area contributed by atoms with Gasteiger partial charge in [0.1, 0.15) is 6.61 Å². The van der Waals surface area contributed by atoms with Crippen molar-refractivity contribution in [3.05, 3.63) is 57.3 Å². The lowest BCUT2D eigenvalue weighted by Gasteiger charge is -2.06. The van der Waals surface area contributed by atoms with Gasteiger partial charge in [0.2, 0.25) is 0 Å². The maximum absolute atomic E-state index is 12.1. The van der Waals surface area contributed by atoms with E-state index in [1.165, 1.54) is 4.88 Å². The Hall–Kier alpha value is -2.09. The lowest BCUT2D eigenvalue weighted by molar-refractivity contribution is 0.0954. The highest BCUT2D eigenvalue weighted by atomic mass is 32.1. The molecular formula is C17H17NO2S. The third-order valence-corrected chi connectivity index (χ3v) is 3.98. The van der Waals surface area contributed by atoms with Crippen molar-refractivity contribution in [1.29, 1.82) is 0 Å². The van der Waals surface area contributed by atoms with Crippen LogP contribution in [0.4, 0.5) is 0 Å². The molecule has 1 aromatic heterocycles. The molecule has 3 nitrogen and oxygen atoms in total. The number of carbonyl (C=O) groups is 1. The fourth-order valence-electron chi connectivity index (χ4n) is 1.89. The standard InChI is InChI=1S/C17H17NO2S/c1-13-6-7-15(12-14(13)4-2-10-19)17(20)18-9-8-16-5-3-11-21-16/h3,5-7,11-12,19H,8-10H2,1H3,(H,18,20).